The molecule has 19 heavy (non-hydrogen) atoms. The van der Waals surface area contributed by atoms with E-state index in [-0.39, 0.29) is 19.0 Å². The summed E-state index contributed by atoms with van der Waals surface area (Å²) in [7, 11) is 0. The molecule has 5 N–H and O–H groups in total. The molecule has 0 bridgehead atoms. The Bertz CT molecular complexity index is 363. The summed E-state index contributed by atoms with van der Waals surface area (Å²) in [4.78, 5) is 16.4. The van der Waals surface area contributed by atoms with Crippen LogP contribution in [-0.4, -0.2) is 53.0 Å². The van der Waals surface area contributed by atoms with Crippen LogP contribution in [0.3, 0.4) is 0 Å². The van der Waals surface area contributed by atoms with Gasteiger partial charge in [-0.05, 0) is 6.42 Å². The molecule has 0 radical (unpaired) electrons. The summed E-state index contributed by atoms with van der Waals surface area (Å²) in [5.41, 5.74) is 6.53. The van der Waals surface area contributed by atoms with E-state index >= 15 is 0 Å². The Morgan fingerprint density at radius 2 is 2.21 bits per heavy atom. The van der Waals surface area contributed by atoms with Gasteiger partial charge in [0.25, 0.3) is 6.47 Å². The van der Waals surface area contributed by atoms with Crippen LogP contribution in [0, 0.1) is 0 Å². The van der Waals surface area contributed by atoms with Crippen LogP contribution in [0.15, 0.2) is 6.20 Å². The molecule has 0 aliphatic carbocycles. The topological polar surface area (TPSA) is 131 Å². The number of aliphatic hydroxyl groups is 1. The molecule has 1 aromatic heterocycles. The predicted octanol–water partition coefficient (Wildman–Crippen LogP) is -0.257. The second-order valence-corrected chi connectivity index (χ2v) is 3.32. The van der Waals surface area contributed by atoms with Crippen molar-refractivity contribution in [2.45, 2.75) is 13.3 Å². The minimum atomic E-state index is -0.250. The van der Waals surface area contributed by atoms with Crippen LogP contribution in [0.5, 0.6) is 0 Å². The van der Waals surface area contributed by atoms with E-state index in [9.17, 15) is 0 Å². The van der Waals surface area contributed by atoms with E-state index in [2.05, 4.69) is 15.3 Å². The Kier molecular flexibility index (Phi) is 10.0. The van der Waals surface area contributed by atoms with Crippen molar-refractivity contribution < 1.29 is 19.7 Å². The second-order valence-electron chi connectivity index (χ2n) is 3.32. The molecule has 8 nitrogen and oxygen atoms in total. The number of aryl methyl sites for hydroxylation is 1. The SMILES string of the molecule is CCc1cnc(N)nc1NCCOCCO.O=CO. The Morgan fingerprint density at radius 3 is 2.79 bits per heavy atom. The number of carbonyl (C=O) groups is 1. The summed E-state index contributed by atoms with van der Waals surface area (Å²) in [6.07, 6.45) is 2.57. The number of hydrogen-bond donors (Lipinski definition) is 4. The van der Waals surface area contributed by atoms with Crippen molar-refractivity contribution in [3.63, 3.8) is 0 Å². The molecule has 0 amide bonds. The number of nitrogen functional groups attached to an aromatic ring is 1. The van der Waals surface area contributed by atoms with Crippen molar-refractivity contribution in [2.75, 3.05) is 37.4 Å². The van der Waals surface area contributed by atoms with Crippen molar-refractivity contribution in [1.82, 2.24) is 9.97 Å². The van der Waals surface area contributed by atoms with E-state index in [1.165, 1.54) is 0 Å². The maximum atomic E-state index is 8.52. The molecule has 0 saturated heterocycles. The van der Waals surface area contributed by atoms with E-state index < -0.39 is 0 Å². The summed E-state index contributed by atoms with van der Waals surface area (Å²) in [5, 5.41) is 18.5. The number of carboxylic acid groups (broad SMARTS) is 1. The van der Waals surface area contributed by atoms with Crippen molar-refractivity contribution in [3.05, 3.63) is 11.8 Å². The molecule has 0 atom stereocenters. The summed E-state index contributed by atoms with van der Waals surface area (Å²) in [6.45, 7) is 3.33. The largest absolute Gasteiger partial charge is 0.483 e. The van der Waals surface area contributed by atoms with Crippen molar-refractivity contribution >= 4 is 18.2 Å². The zero-order chi connectivity index (χ0) is 14.5. The van der Waals surface area contributed by atoms with Crippen LogP contribution in [0.25, 0.3) is 0 Å². The molecule has 1 aromatic rings. The van der Waals surface area contributed by atoms with E-state index in [0.717, 1.165) is 17.8 Å². The van der Waals surface area contributed by atoms with Gasteiger partial charge in [-0.25, -0.2) is 4.98 Å². The number of nitrogens with one attached hydrogen (secondary N) is 1. The number of aliphatic hydroxyl groups excluding tert-OH is 1. The number of hydrogen-bond acceptors (Lipinski definition) is 7. The lowest BCUT2D eigenvalue weighted by atomic mass is 10.2. The van der Waals surface area contributed by atoms with E-state index in [1.54, 1.807) is 6.20 Å². The highest BCUT2D eigenvalue weighted by atomic mass is 16.5. The number of rotatable bonds is 7. The molecule has 1 heterocycles. The highest BCUT2D eigenvalue weighted by molar-refractivity contribution is 5.45. The Labute approximate surface area is 111 Å². The van der Waals surface area contributed by atoms with Gasteiger partial charge in [0.2, 0.25) is 5.95 Å². The molecule has 108 valence electrons. The van der Waals surface area contributed by atoms with Crippen LogP contribution in [0.2, 0.25) is 0 Å². The number of anilines is 2. The third-order valence-corrected chi connectivity index (χ3v) is 2.04. The molecule has 0 aliphatic heterocycles. The van der Waals surface area contributed by atoms with Gasteiger partial charge in [-0.1, -0.05) is 6.92 Å². The molecule has 0 aromatic carbocycles. The van der Waals surface area contributed by atoms with Crippen LogP contribution in [0.4, 0.5) is 11.8 Å². The highest BCUT2D eigenvalue weighted by Crippen LogP contribution is 2.12. The molecule has 0 fully saturated rings. The Balaban J connectivity index is 0.000000982. The van der Waals surface area contributed by atoms with E-state index in [0.29, 0.717) is 19.8 Å². The zero-order valence-corrected chi connectivity index (χ0v) is 10.9. The Morgan fingerprint density at radius 1 is 1.53 bits per heavy atom. The lowest BCUT2D eigenvalue weighted by Crippen LogP contribution is -2.14. The van der Waals surface area contributed by atoms with Gasteiger partial charge in [0.15, 0.2) is 0 Å². The number of aromatic nitrogens is 2. The maximum Gasteiger partial charge on any atom is 0.290 e. The maximum absolute atomic E-state index is 8.52. The normalized spacial score (nSPS) is 9.37. The number of ether oxygens (including phenoxy) is 1. The van der Waals surface area contributed by atoms with Gasteiger partial charge in [0.1, 0.15) is 5.82 Å². The molecule has 0 saturated carbocycles. The minimum Gasteiger partial charge on any atom is -0.483 e. The number of nitrogens with zero attached hydrogens (tertiary/aromatic N) is 2. The van der Waals surface area contributed by atoms with Crippen LogP contribution >= 0.6 is 0 Å². The first-order valence-corrected chi connectivity index (χ1v) is 5.81. The summed E-state index contributed by atoms with van der Waals surface area (Å²) in [6, 6.07) is 0. The zero-order valence-electron chi connectivity index (χ0n) is 10.9. The molecule has 8 heteroatoms. The predicted molar refractivity (Wildman–Crippen MR) is 70.9 cm³/mol. The van der Waals surface area contributed by atoms with Crippen LogP contribution in [0.1, 0.15) is 12.5 Å². The number of nitrogens with two attached hydrogens (primary N) is 1. The first kappa shape index (κ1) is 17.1. The fourth-order valence-electron chi connectivity index (χ4n) is 1.24. The van der Waals surface area contributed by atoms with Crippen LogP contribution in [-0.2, 0) is 16.0 Å². The molecular weight excluding hydrogens is 252 g/mol. The minimum absolute atomic E-state index is 0.0423. The second kappa shape index (κ2) is 11.2. The van der Waals surface area contributed by atoms with E-state index in [1.807, 2.05) is 6.92 Å². The first-order chi connectivity index (χ1) is 9.19. The molecular formula is C11H20N4O4. The molecule has 0 unspecified atom stereocenters. The van der Waals surface area contributed by atoms with Gasteiger partial charge >= 0.3 is 0 Å². The van der Waals surface area contributed by atoms with Gasteiger partial charge < -0.3 is 26.0 Å². The average Bonchev–Trinajstić information content (AvgIpc) is 2.40. The monoisotopic (exact) mass is 272 g/mol. The third-order valence-electron chi connectivity index (χ3n) is 2.04. The molecule has 1 rings (SSSR count). The van der Waals surface area contributed by atoms with Gasteiger partial charge in [-0.2, -0.15) is 4.98 Å². The Hall–Kier alpha value is -1.93. The van der Waals surface area contributed by atoms with Crippen LogP contribution < -0.4 is 11.1 Å². The fraction of sp³-hybridized carbons (Fsp3) is 0.545. The van der Waals surface area contributed by atoms with Crippen molar-refractivity contribution in [1.29, 1.82) is 0 Å². The molecule has 0 aliphatic rings. The van der Waals surface area contributed by atoms with Gasteiger partial charge in [-0.15, -0.1) is 0 Å². The molecule has 0 spiro atoms. The third kappa shape index (κ3) is 7.90. The average molecular weight is 272 g/mol. The fourth-order valence-corrected chi connectivity index (χ4v) is 1.24. The van der Waals surface area contributed by atoms with Gasteiger partial charge in [-0.3, -0.25) is 4.79 Å². The summed E-state index contributed by atoms with van der Waals surface area (Å²) < 4.78 is 5.12. The smallest absolute Gasteiger partial charge is 0.290 e. The first-order valence-electron chi connectivity index (χ1n) is 5.81. The lowest BCUT2D eigenvalue weighted by Gasteiger charge is -2.09. The quantitative estimate of drug-likeness (QED) is 0.394. The summed E-state index contributed by atoms with van der Waals surface area (Å²) >= 11 is 0. The van der Waals surface area contributed by atoms with Crippen molar-refractivity contribution in [2.24, 2.45) is 0 Å². The van der Waals surface area contributed by atoms with E-state index in [4.69, 9.17) is 25.5 Å². The standard InChI is InChI=1S/C10H18N4O2.CH2O2/c1-2-8-7-13-10(11)14-9(8)12-3-5-16-6-4-15;2-1-3/h7,15H,2-6H2,1H3,(H3,11,12,13,14);1H,(H,2,3). The highest BCUT2D eigenvalue weighted by Gasteiger charge is 2.03. The van der Waals surface area contributed by atoms with Gasteiger partial charge in [0, 0.05) is 18.3 Å². The lowest BCUT2D eigenvalue weighted by molar-refractivity contribution is -0.122. The van der Waals surface area contributed by atoms with Crippen molar-refractivity contribution in [3.8, 4) is 0 Å². The van der Waals surface area contributed by atoms with Gasteiger partial charge in [0.05, 0.1) is 19.8 Å². The summed E-state index contributed by atoms with van der Waals surface area (Å²) in [5.74, 6) is 1.01.